The number of hydrogen-bond acceptors (Lipinski definition) is 3. The summed E-state index contributed by atoms with van der Waals surface area (Å²) in [6.45, 7) is 7.34. The summed E-state index contributed by atoms with van der Waals surface area (Å²) in [7, 11) is 0. The first-order chi connectivity index (χ1) is 10.6. The van der Waals surface area contributed by atoms with Gasteiger partial charge < -0.3 is 14.4 Å². The highest BCUT2D eigenvalue weighted by atomic mass is 16.2. The molecule has 1 aromatic heterocycles. The summed E-state index contributed by atoms with van der Waals surface area (Å²) in [6.07, 6.45) is 5.25. The molecule has 0 bridgehead atoms. The number of carbonyl (C=O) groups is 1. The molecule has 1 fully saturated rings. The summed E-state index contributed by atoms with van der Waals surface area (Å²) in [5.74, 6) is 0.168. The SMILES string of the molecule is Cc1cccc(N2CCN(C(=O)[C@H](C)n3ccnc3)CC2)c1. The first-order valence-electron chi connectivity index (χ1n) is 7.73. The van der Waals surface area contributed by atoms with Crippen LogP contribution in [-0.4, -0.2) is 46.5 Å². The van der Waals surface area contributed by atoms with E-state index in [-0.39, 0.29) is 11.9 Å². The van der Waals surface area contributed by atoms with Crippen molar-refractivity contribution in [3.05, 3.63) is 48.5 Å². The van der Waals surface area contributed by atoms with E-state index in [0.717, 1.165) is 26.2 Å². The average Bonchev–Trinajstić information content (AvgIpc) is 3.08. The number of nitrogens with zero attached hydrogens (tertiary/aromatic N) is 4. The molecule has 2 aromatic rings. The Bertz CT molecular complexity index is 630. The Hall–Kier alpha value is -2.30. The van der Waals surface area contributed by atoms with Crippen molar-refractivity contribution in [3.8, 4) is 0 Å². The molecule has 1 aliphatic rings. The Morgan fingerprint density at radius 2 is 2.00 bits per heavy atom. The molecule has 1 aliphatic heterocycles. The lowest BCUT2D eigenvalue weighted by atomic mass is 10.2. The Kier molecular flexibility index (Phi) is 4.13. The molecule has 0 aliphatic carbocycles. The Balaban J connectivity index is 1.61. The molecule has 22 heavy (non-hydrogen) atoms. The standard InChI is InChI=1S/C17H22N4O/c1-14-4-3-5-16(12-14)19-8-10-20(11-9-19)17(22)15(2)21-7-6-18-13-21/h3-7,12-13,15H,8-11H2,1-2H3/t15-/m0/s1. The summed E-state index contributed by atoms with van der Waals surface area (Å²) in [6, 6.07) is 8.34. The molecule has 5 nitrogen and oxygen atoms in total. The first kappa shape index (κ1) is 14.6. The fraction of sp³-hybridized carbons (Fsp3) is 0.412. The van der Waals surface area contributed by atoms with Gasteiger partial charge in [0, 0.05) is 44.3 Å². The number of benzene rings is 1. The van der Waals surface area contributed by atoms with Crippen molar-refractivity contribution in [2.45, 2.75) is 19.9 Å². The number of piperazine rings is 1. The normalized spacial score (nSPS) is 16.6. The topological polar surface area (TPSA) is 41.4 Å². The smallest absolute Gasteiger partial charge is 0.245 e. The molecule has 1 saturated heterocycles. The van der Waals surface area contributed by atoms with E-state index in [1.807, 2.05) is 22.6 Å². The van der Waals surface area contributed by atoms with E-state index in [1.165, 1.54) is 11.3 Å². The number of imidazole rings is 1. The minimum absolute atomic E-state index is 0.168. The van der Waals surface area contributed by atoms with E-state index in [9.17, 15) is 4.79 Å². The van der Waals surface area contributed by atoms with E-state index in [1.54, 1.807) is 12.5 Å². The molecule has 0 N–H and O–H groups in total. The van der Waals surface area contributed by atoms with E-state index >= 15 is 0 Å². The van der Waals surface area contributed by atoms with Gasteiger partial charge in [-0.25, -0.2) is 4.98 Å². The van der Waals surface area contributed by atoms with Gasteiger partial charge in [-0.3, -0.25) is 4.79 Å². The molecule has 1 atom stereocenters. The zero-order chi connectivity index (χ0) is 15.5. The second-order valence-corrected chi connectivity index (χ2v) is 5.84. The van der Waals surface area contributed by atoms with Crippen LogP contribution in [-0.2, 0) is 4.79 Å². The van der Waals surface area contributed by atoms with Gasteiger partial charge in [-0.2, -0.15) is 0 Å². The average molecular weight is 298 g/mol. The Labute approximate surface area is 131 Å². The Morgan fingerprint density at radius 3 is 2.64 bits per heavy atom. The summed E-state index contributed by atoms with van der Waals surface area (Å²) < 4.78 is 1.86. The van der Waals surface area contributed by atoms with Crippen LogP contribution in [0.4, 0.5) is 5.69 Å². The monoisotopic (exact) mass is 298 g/mol. The molecule has 5 heteroatoms. The molecule has 1 aromatic carbocycles. The van der Waals surface area contributed by atoms with Crippen LogP contribution in [0.3, 0.4) is 0 Å². The van der Waals surface area contributed by atoms with Crippen molar-refractivity contribution in [2.24, 2.45) is 0 Å². The predicted octanol–water partition coefficient (Wildman–Crippen LogP) is 2.10. The van der Waals surface area contributed by atoms with Gasteiger partial charge in [-0.1, -0.05) is 12.1 Å². The second kappa shape index (κ2) is 6.22. The summed E-state index contributed by atoms with van der Waals surface area (Å²) in [4.78, 5) is 20.9. The molecule has 0 spiro atoms. The number of amides is 1. The maximum Gasteiger partial charge on any atom is 0.245 e. The molecular formula is C17H22N4O. The van der Waals surface area contributed by atoms with Crippen LogP contribution in [0.15, 0.2) is 43.0 Å². The van der Waals surface area contributed by atoms with E-state index in [0.29, 0.717) is 0 Å². The zero-order valence-corrected chi connectivity index (χ0v) is 13.1. The second-order valence-electron chi connectivity index (χ2n) is 5.84. The lowest BCUT2D eigenvalue weighted by Crippen LogP contribution is -2.50. The molecule has 0 radical (unpaired) electrons. The fourth-order valence-corrected chi connectivity index (χ4v) is 2.90. The van der Waals surface area contributed by atoms with Crippen LogP contribution in [0.1, 0.15) is 18.5 Å². The van der Waals surface area contributed by atoms with Crippen molar-refractivity contribution in [2.75, 3.05) is 31.1 Å². The Morgan fingerprint density at radius 1 is 1.23 bits per heavy atom. The van der Waals surface area contributed by atoms with Gasteiger partial charge in [0.15, 0.2) is 0 Å². The third kappa shape index (κ3) is 2.98. The van der Waals surface area contributed by atoms with Crippen LogP contribution in [0.25, 0.3) is 0 Å². The van der Waals surface area contributed by atoms with E-state index in [2.05, 4.69) is 41.1 Å². The van der Waals surface area contributed by atoms with Gasteiger partial charge >= 0.3 is 0 Å². The predicted molar refractivity (Wildman–Crippen MR) is 86.9 cm³/mol. The highest BCUT2D eigenvalue weighted by Gasteiger charge is 2.25. The van der Waals surface area contributed by atoms with Crippen molar-refractivity contribution in [3.63, 3.8) is 0 Å². The van der Waals surface area contributed by atoms with Crippen molar-refractivity contribution >= 4 is 11.6 Å². The molecular weight excluding hydrogens is 276 g/mol. The number of carbonyl (C=O) groups excluding carboxylic acids is 1. The molecule has 1 amide bonds. The first-order valence-corrected chi connectivity index (χ1v) is 7.73. The van der Waals surface area contributed by atoms with Gasteiger partial charge in [-0.05, 0) is 31.5 Å². The van der Waals surface area contributed by atoms with Crippen LogP contribution >= 0.6 is 0 Å². The van der Waals surface area contributed by atoms with Gasteiger partial charge in [0.1, 0.15) is 6.04 Å². The van der Waals surface area contributed by atoms with Gasteiger partial charge in [0.25, 0.3) is 0 Å². The number of aromatic nitrogens is 2. The van der Waals surface area contributed by atoms with Gasteiger partial charge in [-0.15, -0.1) is 0 Å². The lowest BCUT2D eigenvalue weighted by molar-refractivity contribution is -0.134. The molecule has 116 valence electrons. The molecule has 2 heterocycles. The van der Waals surface area contributed by atoms with Crippen LogP contribution in [0, 0.1) is 6.92 Å². The summed E-state index contributed by atoms with van der Waals surface area (Å²) in [5.41, 5.74) is 2.51. The van der Waals surface area contributed by atoms with Crippen LogP contribution in [0.2, 0.25) is 0 Å². The maximum absolute atomic E-state index is 12.6. The minimum Gasteiger partial charge on any atom is -0.368 e. The van der Waals surface area contributed by atoms with Crippen molar-refractivity contribution < 1.29 is 4.79 Å². The lowest BCUT2D eigenvalue weighted by Gasteiger charge is -2.37. The number of rotatable bonds is 3. The van der Waals surface area contributed by atoms with Crippen molar-refractivity contribution in [1.29, 1.82) is 0 Å². The van der Waals surface area contributed by atoms with Crippen LogP contribution in [0.5, 0.6) is 0 Å². The van der Waals surface area contributed by atoms with E-state index < -0.39 is 0 Å². The van der Waals surface area contributed by atoms with Gasteiger partial charge in [0.05, 0.1) is 6.33 Å². The maximum atomic E-state index is 12.6. The molecule has 3 rings (SSSR count). The van der Waals surface area contributed by atoms with E-state index in [4.69, 9.17) is 0 Å². The zero-order valence-electron chi connectivity index (χ0n) is 13.1. The summed E-state index contributed by atoms with van der Waals surface area (Å²) >= 11 is 0. The summed E-state index contributed by atoms with van der Waals surface area (Å²) in [5, 5.41) is 0. The number of hydrogen-bond donors (Lipinski definition) is 0. The minimum atomic E-state index is -0.187. The number of anilines is 1. The molecule has 0 saturated carbocycles. The quantitative estimate of drug-likeness (QED) is 0.871. The highest BCUT2D eigenvalue weighted by molar-refractivity contribution is 5.80. The third-order valence-electron chi connectivity index (χ3n) is 4.29. The third-order valence-corrected chi connectivity index (χ3v) is 4.29. The highest BCUT2D eigenvalue weighted by Crippen LogP contribution is 2.19. The van der Waals surface area contributed by atoms with Crippen LogP contribution < -0.4 is 4.90 Å². The van der Waals surface area contributed by atoms with Crippen molar-refractivity contribution in [1.82, 2.24) is 14.5 Å². The fourth-order valence-electron chi connectivity index (χ4n) is 2.90. The van der Waals surface area contributed by atoms with Gasteiger partial charge in [0.2, 0.25) is 5.91 Å². The molecule has 0 unspecified atom stereocenters. The largest absolute Gasteiger partial charge is 0.368 e. The number of aryl methyl sites for hydroxylation is 1.